The summed E-state index contributed by atoms with van der Waals surface area (Å²) < 4.78 is 2.36. The van der Waals surface area contributed by atoms with Crippen LogP contribution in [0.3, 0.4) is 0 Å². The molecule has 10 rings (SSSR count). The van der Waals surface area contributed by atoms with Crippen LogP contribution in [0.25, 0.3) is 0 Å². The van der Waals surface area contributed by atoms with E-state index in [1.807, 2.05) is 0 Å². The molecule has 10 saturated heterocycles. The molecular formula is C17H26Fe. The Morgan fingerprint density at radius 3 is 1.11 bits per heavy atom. The molecule has 0 nitrogen and oxygen atoms in total. The molecule has 10 aliphatic rings. The van der Waals surface area contributed by atoms with E-state index in [4.69, 9.17) is 0 Å². The molecule has 4 unspecified atom stereocenters. The van der Waals surface area contributed by atoms with E-state index in [2.05, 4.69) is 27.7 Å². The van der Waals surface area contributed by atoms with E-state index in [1.165, 1.54) is 53.6 Å². The predicted molar refractivity (Wildman–Crippen MR) is 71.9 cm³/mol. The van der Waals surface area contributed by atoms with Gasteiger partial charge < -0.3 is 0 Å². The Hall–Kier alpha value is 0.519. The van der Waals surface area contributed by atoms with E-state index < -0.39 is 6.51 Å². The summed E-state index contributed by atoms with van der Waals surface area (Å²) in [6.45, 7) is 6.75. The maximum absolute atomic E-state index is 2.72. The zero-order valence-corrected chi connectivity index (χ0v) is 13.2. The van der Waals surface area contributed by atoms with Crippen LogP contribution in [0.4, 0.5) is 0 Å². The van der Waals surface area contributed by atoms with Crippen molar-refractivity contribution in [1.82, 2.24) is 0 Å². The fraction of sp³-hybridized carbons (Fsp3) is 1.00. The molecule has 0 bridgehead atoms. The van der Waals surface area contributed by atoms with E-state index in [0.717, 1.165) is 0 Å². The van der Waals surface area contributed by atoms with E-state index >= 15 is 0 Å². The molecule has 102 valence electrons. The molecule has 10 heterocycles. The van der Waals surface area contributed by atoms with Crippen LogP contribution in [-0.4, -0.2) is 0 Å². The summed E-state index contributed by atoms with van der Waals surface area (Å²) in [5.41, 5.74) is 0. The Morgan fingerprint density at radius 2 is 1.00 bits per heavy atom. The van der Waals surface area contributed by atoms with Gasteiger partial charge in [-0.05, 0) is 0 Å². The van der Waals surface area contributed by atoms with Gasteiger partial charge in [-0.25, -0.2) is 0 Å². The Balaban J connectivity index is 0.000000211. The first-order valence-electron chi connectivity index (χ1n) is 8.68. The van der Waals surface area contributed by atoms with Gasteiger partial charge in [-0.1, -0.05) is 20.3 Å². The summed E-state index contributed by atoms with van der Waals surface area (Å²) >= 11 is 0. The van der Waals surface area contributed by atoms with E-state index in [-0.39, 0.29) is 0 Å². The predicted octanol–water partition coefficient (Wildman–Crippen LogP) is 6.35. The first kappa shape index (κ1) is 8.08. The van der Waals surface area contributed by atoms with E-state index in [1.54, 1.807) is 12.8 Å². The van der Waals surface area contributed by atoms with Crippen molar-refractivity contribution < 1.29 is 6.51 Å². The molecule has 1 spiro atoms. The minimum absolute atomic E-state index is 1.18. The van der Waals surface area contributed by atoms with Gasteiger partial charge in [-0.3, -0.25) is 0 Å². The third-order valence-corrected chi connectivity index (χ3v) is 60.9. The third kappa shape index (κ3) is 0.0730. The summed E-state index contributed by atoms with van der Waals surface area (Å²) in [7, 11) is 0. The van der Waals surface area contributed by atoms with E-state index in [9.17, 15) is 0 Å². The monoisotopic (exact) mass is 286 g/mol. The molecule has 4 atom stereocenters. The fourth-order valence-corrected chi connectivity index (χ4v) is 99.0. The molecule has 0 aromatic carbocycles. The molecular weight excluding hydrogens is 260 g/mol. The molecule has 10 aliphatic heterocycles. The van der Waals surface area contributed by atoms with Gasteiger partial charge in [-0.2, -0.15) is 0 Å². The van der Waals surface area contributed by atoms with Crippen molar-refractivity contribution in [2.24, 2.45) is 0 Å². The molecule has 0 N–H and O–H groups in total. The van der Waals surface area contributed by atoms with Crippen molar-refractivity contribution in [1.29, 1.82) is 0 Å². The van der Waals surface area contributed by atoms with Gasteiger partial charge in [0.25, 0.3) is 0 Å². The SMILES string of the molecule is CCC.CC[C]12[CH]3[CH]4[CH]5[C]1(CC)[Fe]43521678[CH]2[CH]1[CH]6[CH]7[CH]28. The van der Waals surface area contributed by atoms with Crippen molar-refractivity contribution in [3.63, 3.8) is 0 Å². The summed E-state index contributed by atoms with van der Waals surface area (Å²) in [5, 5.41) is 0. The Bertz CT molecular complexity index is 860. The second-order valence-corrected chi connectivity index (χ2v) is 34.9. The van der Waals surface area contributed by atoms with Crippen molar-refractivity contribution in [2.45, 2.75) is 94.1 Å². The number of hydrogen-bond donors (Lipinski definition) is 0. The Labute approximate surface area is 101 Å². The van der Waals surface area contributed by atoms with Crippen molar-refractivity contribution in [3.05, 3.63) is 0 Å². The van der Waals surface area contributed by atoms with Crippen molar-refractivity contribution in [3.8, 4) is 0 Å². The minimum atomic E-state index is -2.72. The molecule has 1 heteroatoms. The van der Waals surface area contributed by atoms with Crippen LogP contribution in [0.15, 0.2) is 0 Å². The van der Waals surface area contributed by atoms with Crippen LogP contribution in [0.1, 0.15) is 47.0 Å². The average Bonchev–Trinajstić information content (AvgIpc) is 3.32. The van der Waals surface area contributed by atoms with Gasteiger partial charge in [0.05, 0.1) is 0 Å². The van der Waals surface area contributed by atoms with Gasteiger partial charge >= 0.3 is 80.4 Å². The summed E-state index contributed by atoms with van der Waals surface area (Å²) in [6.07, 6.45) is 4.59. The van der Waals surface area contributed by atoms with Gasteiger partial charge in [0, 0.05) is 0 Å². The molecule has 0 aromatic rings. The summed E-state index contributed by atoms with van der Waals surface area (Å²) in [4.78, 5) is 12.3. The number of fused-ring (bicyclic) bond motifs is 10. The van der Waals surface area contributed by atoms with Crippen LogP contribution in [0, 0.1) is 0 Å². The molecule has 18 heavy (non-hydrogen) atoms. The molecule has 0 amide bonds. The van der Waals surface area contributed by atoms with Crippen LogP contribution < -0.4 is 0 Å². The van der Waals surface area contributed by atoms with Gasteiger partial charge in [0.1, 0.15) is 0 Å². The Morgan fingerprint density at radius 1 is 0.667 bits per heavy atom. The summed E-state index contributed by atoms with van der Waals surface area (Å²) in [5.74, 6) is 0. The first-order valence-corrected chi connectivity index (χ1v) is 14.9. The van der Waals surface area contributed by atoms with Gasteiger partial charge in [-0.15, -0.1) is 0 Å². The summed E-state index contributed by atoms with van der Waals surface area (Å²) in [6, 6.07) is 0. The molecule has 0 radical (unpaired) electrons. The Kier molecular flexibility index (Phi) is 0.301. The zero-order valence-electron chi connectivity index (χ0n) is 12.1. The van der Waals surface area contributed by atoms with Crippen molar-refractivity contribution >= 4 is 0 Å². The van der Waals surface area contributed by atoms with Crippen molar-refractivity contribution in [2.75, 3.05) is 0 Å². The molecule has 0 aromatic heterocycles. The molecule has 10 fully saturated rings. The second kappa shape index (κ2) is 0.669. The maximum atomic E-state index is 2.61. The van der Waals surface area contributed by atoms with Gasteiger partial charge in [0.15, 0.2) is 0 Å². The standard InChI is InChI=1S/C9H13.C5H5.C3H8.Fe/c1-3-8-6-5-7-9(8)4-2;1-2-4-5-3-1;1-3-2;/h5-7H,3-4H2,1-2H3;1-5H;3H2,1-2H3;. The topological polar surface area (TPSA) is 0 Å². The fourth-order valence-electron chi connectivity index (χ4n) is 19.6. The van der Waals surface area contributed by atoms with Gasteiger partial charge in [0.2, 0.25) is 0 Å². The number of hydrogen-bond acceptors (Lipinski definition) is 0. The quantitative estimate of drug-likeness (QED) is 0.519. The normalized spacial score (nSPS) is 116. The van der Waals surface area contributed by atoms with Crippen LogP contribution in [-0.2, 0) is 6.51 Å². The van der Waals surface area contributed by atoms with Crippen LogP contribution in [0.2, 0.25) is 47.2 Å². The molecule has 0 aliphatic carbocycles. The zero-order chi connectivity index (χ0) is 12.1. The van der Waals surface area contributed by atoms with E-state index in [0.29, 0.717) is 0 Å². The second-order valence-electron chi connectivity index (χ2n) is 11.5. The van der Waals surface area contributed by atoms with Crippen LogP contribution >= 0.6 is 0 Å². The molecule has 0 saturated carbocycles. The number of rotatable bonds is 2. The average molecular weight is 286 g/mol. The first-order chi connectivity index (χ1) is 8.47. The third-order valence-electron chi connectivity index (χ3n) is 16.5. The van der Waals surface area contributed by atoms with Crippen LogP contribution in [0.5, 0.6) is 0 Å².